The lowest BCUT2D eigenvalue weighted by Gasteiger charge is -2.04. The minimum atomic E-state index is -3.42. The van der Waals surface area contributed by atoms with Crippen molar-refractivity contribution < 1.29 is 17.9 Å². The highest BCUT2D eigenvalue weighted by Crippen LogP contribution is 1.86. The van der Waals surface area contributed by atoms with Crippen molar-refractivity contribution in [2.24, 2.45) is 5.14 Å². The van der Waals surface area contributed by atoms with E-state index in [1.165, 1.54) is 0 Å². The molecule has 0 saturated heterocycles. The Kier molecular flexibility index (Phi) is 7.27. The molecule has 0 unspecified atom stereocenters. The SMILES string of the molecule is CCOCCC(=O)NCCCS(N)(=O)=O. The third kappa shape index (κ3) is 11.3. The number of rotatable bonds is 8. The lowest BCUT2D eigenvalue weighted by molar-refractivity contribution is -0.122. The van der Waals surface area contributed by atoms with Crippen molar-refractivity contribution in [2.75, 3.05) is 25.5 Å². The van der Waals surface area contributed by atoms with Crippen LogP contribution in [0, 0.1) is 0 Å². The van der Waals surface area contributed by atoms with Gasteiger partial charge in [-0.05, 0) is 13.3 Å². The van der Waals surface area contributed by atoms with E-state index in [9.17, 15) is 13.2 Å². The molecule has 0 heterocycles. The van der Waals surface area contributed by atoms with Crippen molar-refractivity contribution >= 4 is 15.9 Å². The molecule has 0 rings (SSSR count). The second-order valence-corrected chi connectivity index (χ2v) is 4.75. The van der Waals surface area contributed by atoms with Gasteiger partial charge in [-0.3, -0.25) is 4.79 Å². The summed E-state index contributed by atoms with van der Waals surface area (Å²) in [7, 11) is -3.42. The number of primary sulfonamides is 1. The maximum atomic E-state index is 11.1. The zero-order chi connectivity index (χ0) is 11.7. The predicted octanol–water partition coefficient (Wildman–Crippen LogP) is -0.792. The van der Waals surface area contributed by atoms with Gasteiger partial charge in [0.15, 0.2) is 0 Å². The standard InChI is InChI=1S/C8H18N2O4S/c1-2-14-6-4-8(11)10-5-3-7-15(9,12)13/h2-7H2,1H3,(H,10,11)(H2,9,12,13). The summed E-state index contributed by atoms with van der Waals surface area (Å²) in [5.74, 6) is -0.253. The monoisotopic (exact) mass is 238 g/mol. The number of nitrogens with two attached hydrogens (primary N) is 1. The van der Waals surface area contributed by atoms with E-state index >= 15 is 0 Å². The van der Waals surface area contributed by atoms with Crippen LogP contribution in [-0.2, 0) is 19.6 Å². The molecule has 0 saturated carbocycles. The van der Waals surface area contributed by atoms with Crippen LogP contribution < -0.4 is 10.5 Å². The molecule has 0 aliphatic carbocycles. The third-order valence-corrected chi connectivity index (χ3v) is 2.46. The van der Waals surface area contributed by atoms with Gasteiger partial charge in [0, 0.05) is 19.6 Å². The van der Waals surface area contributed by atoms with Crippen LogP contribution in [0.25, 0.3) is 0 Å². The summed E-state index contributed by atoms with van der Waals surface area (Å²) in [6.07, 6.45) is 0.627. The van der Waals surface area contributed by atoms with Crippen molar-refractivity contribution in [1.82, 2.24) is 5.32 Å². The molecule has 90 valence electrons. The molecule has 0 aromatic rings. The second-order valence-electron chi connectivity index (χ2n) is 3.02. The van der Waals surface area contributed by atoms with E-state index in [1.54, 1.807) is 0 Å². The zero-order valence-corrected chi connectivity index (χ0v) is 9.68. The second kappa shape index (κ2) is 7.61. The van der Waals surface area contributed by atoms with Crippen molar-refractivity contribution in [3.63, 3.8) is 0 Å². The topological polar surface area (TPSA) is 98.5 Å². The Hall–Kier alpha value is -0.660. The molecule has 0 aromatic heterocycles. The van der Waals surface area contributed by atoms with Crippen LogP contribution in [0.5, 0.6) is 0 Å². The highest BCUT2D eigenvalue weighted by Gasteiger charge is 2.03. The number of hydrogen-bond donors (Lipinski definition) is 2. The van der Waals surface area contributed by atoms with Gasteiger partial charge in [-0.1, -0.05) is 0 Å². The van der Waals surface area contributed by atoms with E-state index in [0.29, 0.717) is 32.6 Å². The molecule has 0 aliphatic rings. The van der Waals surface area contributed by atoms with Crippen molar-refractivity contribution in [3.05, 3.63) is 0 Å². The lowest BCUT2D eigenvalue weighted by atomic mass is 10.4. The number of hydrogen-bond acceptors (Lipinski definition) is 4. The van der Waals surface area contributed by atoms with Crippen LogP contribution in [0.4, 0.5) is 0 Å². The number of ether oxygens (including phenoxy) is 1. The normalized spacial score (nSPS) is 11.3. The first-order valence-electron chi connectivity index (χ1n) is 4.80. The molecule has 0 radical (unpaired) electrons. The Morgan fingerprint density at radius 1 is 1.47 bits per heavy atom. The van der Waals surface area contributed by atoms with E-state index in [-0.39, 0.29) is 11.7 Å². The van der Waals surface area contributed by atoms with Gasteiger partial charge in [-0.2, -0.15) is 0 Å². The highest BCUT2D eigenvalue weighted by atomic mass is 32.2. The van der Waals surface area contributed by atoms with Crippen LogP contribution >= 0.6 is 0 Å². The molecule has 0 spiro atoms. The van der Waals surface area contributed by atoms with Gasteiger partial charge < -0.3 is 10.1 Å². The average molecular weight is 238 g/mol. The van der Waals surface area contributed by atoms with Gasteiger partial charge in [0.05, 0.1) is 12.4 Å². The molecule has 7 heteroatoms. The van der Waals surface area contributed by atoms with Gasteiger partial charge in [0.25, 0.3) is 0 Å². The Labute approximate surface area is 90.2 Å². The first-order valence-corrected chi connectivity index (χ1v) is 6.52. The number of carbonyl (C=O) groups is 1. The van der Waals surface area contributed by atoms with Crippen molar-refractivity contribution in [2.45, 2.75) is 19.8 Å². The molecule has 0 atom stereocenters. The Morgan fingerprint density at radius 2 is 2.13 bits per heavy atom. The molecular weight excluding hydrogens is 220 g/mol. The first-order chi connectivity index (χ1) is 6.95. The molecule has 1 amide bonds. The highest BCUT2D eigenvalue weighted by molar-refractivity contribution is 7.89. The summed E-state index contributed by atoms with van der Waals surface area (Å²) in [4.78, 5) is 11.1. The van der Waals surface area contributed by atoms with Gasteiger partial charge in [-0.25, -0.2) is 13.6 Å². The molecule has 0 aliphatic heterocycles. The van der Waals surface area contributed by atoms with E-state index in [1.807, 2.05) is 6.92 Å². The molecule has 6 nitrogen and oxygen atoms in total. The summed E-state index contributed by atoms with van der Waals surface area (Å²) in [5, 5.41) is 7.37. The first kappa shape index (κ1) is 14.3. The quantitative estimate of drug-likeness (QED) is 0.541. The van der Waals surface area contributed by atoms with Crippen LogP contribution in [0.2, 0.25) is 0 Å². The Bertz CT molecular complexity index is 276. The van der Waals surface area contributed by atoms with Crippen LogP contribution in [0.15, 0.2) is 0 Å². The summed E-state index contributed by atoms with van der Waals surface area (Å²) in [5.41, 5.74) is 0. The predicted molar refractivity (Wildman–Crippen MR) is 56.7 cm³/mol. The van der Waals surface area contributed by atoms with Gasteiger partial charge in [0.1, 0.15) is 0 Å². The molecule has 3 N–H and O–H groups in total. The summed E-state index contributed by atoms with van der Waals surface area (Å²) < 4.78 is 26.1. The maximum Gasteiger partial charge on any atom is 0.222 e. The minimum absolute atomic E-state index is 0.112. The number of carbonyl (C=O) groups excluding carboxylic acids is 1. The Balaban J connectivity index is 3.39. The van der Waals surface area contributed by atoms with Gasteiger partial charge in [0.2, 0.25) is 15.9 Å². The van der Waals surface area contributed by atoms with Crippen molar-refractivity contribution in [1.29, 1.82) is 0 Å². The average Bonchev–Trinajstić information content (AvgIpc) is 2.11. The fourth-order valence-corrected chi connectivity index (χ4v) is 1.45. The largest absolute Gasteiger partial charge is 0.381 e. The van der Waals surface area contributed by atoms with E-state index in [2.05, 4.69) is 5.32 Å². The Morgan fingerprint density at radius 3 is 2.67 bits per heavy atom. The van der Waals surface area contributed by atoms with Crippen LogP contribution in [0.3, 0.4) is 0 Å². The number of nitrogens with one attached hydrogen (secondary N) is 1. The molecular formula is C8H18N2O4S. The third-order valence-electron chi connectivity index (χ3n) is 1.61. The molecule has 15 heavy (non-hydrogen) atoms. The van der Waals surface area contributed by atoms with E-state index < -0.39 is 10.0 Å². The number of sulfonamides is 1. The molecule has 0 fully saturated rings. The van der Waals surface area contributed by atoms with Gasteiger partial charge >= 0.3 is 0 Å². The fourth-order valence-electron chi connectivity index (χ4n) is 0.899. The van der Waals surface area contributed by atoms with E-state index in [4.69, 9.17) is 9.88 Å². The molecule has 0 aromatic carbocycles. The van der Waals surface area contributed by atoms with Crippen LogP contribution in [0.1, 0.15) is 19.8 Å². The summed E-state index contributed by atoms with van der Waals surface area (Å²) in [6, 6.07) is 0. The summed E-state index contributed by atoms with van der Waals surface area (Å²) in [6.45, 7) is 3.14. The lowest BCUT2D eigenvalue weighted by Crippen LogP contribution is -2.28. The minimum Gasteiger partial charge on any atom is -0.381 e. The van der Waals surface area contributed by atoms with E-state index in [0.717, 1.165) is 0 Å². The number of amides is 1. The van der Waals surface area contributed by atoms with Crippen LogP contribution in [-0.4, -0.2) is 39.8 Å². The zero-order valence-electron chi connectivity index (χ0n) is 8.86. The molecule has 0 bridgehead atoms. The maximum absolute atomic E-state index is 11.1. The summed E-state index contributed by atoms with van der Waals surface area (Å²) >= 11 is 0. The van der Waals surface area contributed by atoms with Gasteiger partial charge in [-0.15, -0.1) is 0 Å². The fraction of sp³-hybridized carbons (Fsp3) is 0.875. The van der Waals surface area contributed by atoms with Crippen molar-refractivity contribution in [3.8, 4) is 0 Å². The smallest absolute Gasteiger partial charge is 0.222 e.